The molecule has 90 valence electrons. The molecule has 0 saturated carbocycles. The Bertz CT molecular complexity index is 366. The van der Waals surface area contributed by atoms with Gasteiger partial charge in [0, 0.05) is 6.20 Å². The van der Waals surface area contributed by atoms with Gasteiger partial charge in [0.25, 0.3) is 6.43 Å². The predicted octanol–water partition coefficient (Wildman–Crippen LogP) is 3.43. The largest absolute Gasteiger partial charge is 0.417 e. The first kappa shape index (κ1) is 13.0. The van der Waals surface area contributed by atoms with E-state index in [1.54, 1.807) is 0 Å². The van der Waals surface area contributed by atoms with Crippen LogP contribution in [0.5, 0.6) is 0 Å². The maximum atomic E-state index is 12.2. The Balaban J connectivity index is 2.84. The zero-order valence-corrected chi connectivity index (χ0v) is 8.41. The van der Waals surface area contributed by atoms with Crippen LogP contribution in [0, 0.1) is 0 Å². The number of halogens is 6. The van der Waals surface area contributed by atoms with E-state index in [0.717, 1.165) is 0 Å². The van der Waals surface area contributed by atoms with Crippen molar-refractivity contribution in [1.29, 1.82) is 0 Å². The van der Waals surface area contributed by atoms with E-state index in [1.165, 1.54) is 0 Å². The Labute approximate surface area is 92.4 Å². The fourth-order valence-corrected chi connectivity index (χ4v) is 1.13. The predicted molar refractivity (Wildman–Crippen MR) is 48.7 cm³/mol. The van der Waals surface area contributed by atoms with Crippen LogP contribution in [0.15, 0.2) is 12.3 Å². The van der Waals surface area contributed by atoms with Gasteiger partial charge in [0.05, 0.1) is 17.1 Å². The van der Waals surface area contributed by atoms with Gasteiger partial charge in [0.2, 0.25) is 0 Å². The lowest BCUT2D eigenvalue weighted by Gasteiger charge is -2.10. The van der Waals surface area contributed by atoms with Gasteiger partial charge in [-0.2, -0.15) is 13.2 Å². The summed E-state index contributed by atoms with van der Waals surface area (Å²) in [6, 6.07) is 0.627. The van der Waals surface area contributed by atoms with Gasteiger partial charge in [-0.3, -0.25) is 0 Å². The molecule has 0 aliphatic heterocycles. The Kier molecular flexibility index (Phi) is 3.90. The van der Waals surface area contributed by atoms with Crippen molar-refractivity contribution in [3.63, 3.8) is 0 Å². The standard InChI is InChI=1S/C8H6ClF5N2/c9-5-1-4(8(12,13)14)2-15-7(5)16-3-6(10)11/h1-2,6H,3H2,(H,15,16). The molecule has 0 aromatic carbocycles. The molecule has 0 radical (unpaired) electrons. The highest BCUT2D eigenvalue weighted by Gasteiger charge is 2.31. The summed E-state index contributed by atoms with van der Waals surface area (Å²) in [4.78, 5) is 3.32. The van der Waals surface area contributed by atoms with Crippen molar-refractivity contribution in [2.24, 2.45) is 0 Å². The molecular formula is C8H6ClF5N2. The highest BCUT2D eigenvalue weighted by Crippen LogP contribution is 2.32. The van der Waals surface area contributed by atoms with Gasteiger partial charge in [-0.05, 0) is 6.07 Å². The number of nitrogens with one attached hydrogen (secondary N) is 1. The number of alkyl halides is 5. The number of hydrogen-bond donors (Lipinski definition) is 1. The van der Waals surface area contributed by atoms with Crippen LogP contribution >= 0.6 is 11.6 Å². The molecule has 0 aliphatic rings. The number of anilines is 1. The van der Waals surface area contributed by atoms with E-state index in [1.807, 2.05) is 0 Å². The molecule has 0 fully saturated rings. The van der Waals surface area contributed by atoms with Crippen molar-refractivity contribution >= 4 is 17.4 Å². The molecule has 0 bridgehead atoms. The molecule has 0 saturated heterocycles. The van der Waals surface area contributed by atoms with Crippen LogP contribution in [0.3, 0.4) is 0 Å². The Hall–Kier alpha value is -1.11. The van der Waals surface area contributed by atoms with Gasteiger partial charge in [-0.15, -0.1) is 0 Å². The van der Waals surface area contributed by atoms with Gasteiger partial charge in [-0.25, -0.2) is 13.8 Å². The van der Waals surface area contributed by atoms with Crippen LogP contribution in [0.1, 0.15) is 5.56 Å². The van der Waals surface area contributed by atoms with Crippen LogP contribution in [0.2, 0.25) is 5.02 Å². The zero-order chi connectivity index (χ0) is 12.3. The van der Waals surface area contributed by atoms with Crippen molar-refractivity contribution < 1.29 is 22.0 Å². The minimum absolute atomic E-state index is 0.199. The van der Waals surface area contributed by atoms with Crippen LogP contribution in [0.4, 0.5) is 27.8 Å². The quantitative estimate of drug-likeness (QED) is 0.842. The highest BCUT2D eigenvalue weighted by atomic mass is 35.5. The van der Waals surface area contributed by atoms with Crippen LogP contribution in [-0.4, -0.2) is 18.0 Å². The van der Waals surface area contributed by atoms with Gasteiger partial charge >= 0.3 is 6.18 Å². The minimum atomic E-state index is -4.56. The summed E-state index contributed by atoms with van der Waals surface area (Å²) in [6.45, 7) is -0.724. The first-order valence-corrected chi connectivity index (χ1v) is 4.43. The summed E-state index contributed by atoms with van der Waals surface area (Å²) < 4.78 is 60.1. The van der Waals surface area contributed by atoms with E-state index >= 15 is 0 Å². The third-order valence-corrected chi connectivity index (χ3v) is 1.88. The Morgan fingerprint density at radius 1 is 1.38 bits per heavy atom. The second kappa shape index (κ2) is 4.82. The van der Waals surface area contributed by atoms with Crippen LogP contribution in [0.25, 0.3) is 0 Å². The lowest BCUT2D eigenvalue weighted by atomic mass is 10.3. The molecule has 0 spiro atoms. The average Bonchev–Trinajstić information content (AvgIpc) is 2.14. The lowest BCUT2D eigenvalue weighted by molar-refractivity contribution is -0.137. The Morgan fingerprint density at radius 2 is 2.00 bits per heavy atom. The molecule has 1 aromatic heterocycles. The summed E-state index contributed by atoms with van der Waals surface area (Å²) in [5, 5.41) is 1.78. The van der Waals surface area contributed by atoms with Crippen molar-refractivity contribution in [3.05, 3.63) is 22.8 Å². The van der Waals surface area contributed by atoms with Crippen molar-refractivity contribution in [1.82, 2.24) is 4.98 Å². The topological polar surface area (TPSA) is 24.9 Å². The monoisotopic (exact) mass is 260 g/mol. The number of rotatable bonds is 3. The SMILES string of the molecule is FC(F)CNc1ncc(C(F)(F)F)cc1Cl. The number of aromatic nitrogens is 1. The second-order valence-corrected chi connectivity index (χ2v) is 3.23. The van der Waals surface area contributed by atoms with Gasteiger partial charge in [-0.1, -0.05) is 11.6 Å². The number of nitrogens with zero attached hydrogens (tertiary/aromatic N) is 1. The van der Waals surface area contributed by atoms with E-state index in [2.05, 4.69) is 10.3 Å². The van der Waals surface area contributed by atoms with Crippen LogP contribution < -0.4 is 5.32 Å². The van der Waals surface area contributed by atoms with E-state index in [-0.39, 0.29) is 10.8 Å². The number of pyridine rings is 1. The molecule has 0 unspecified atom stereocenters. The molecule has 0 aliphatic carbocycles. The van der Waals surface area contributed by atoms with Crippen molar-refractivity contribution in [3.8, 4) is 0 Å². The summed E-state index contributed by atoms with van der Waals surface area (Å²) in [5.41, 5.74) is -1.03. The molecule has 16 heavy (non-hydrogen) atoms. The summed E-state index contributed by atoms with van der Waals surface area (Å²) in [5.74, 6) is -0.199. The van der Waals surface area contributed by atoms with Gasteiger partial charge in [0.15, 0.2) is 0 Å². The van der Waals surface area contributed by atoms with Gasteiger partial charge < -0.3 is 5.32 Å². The van der Waals surface area contributed by atoms with E-state index < -0.39 is 24.7 Å². The molecule has 1 rings (SSSR count). The first-order valence-electron chi connectivity index (χ1n) is 4.05. The van der Waals surface area contributed by atoms with E-state index in [4.69, 9.17) is 11.6 Å². The average molecular weight is 261 g/mol. The highest BCUT2D eigenvalue weighted by molar-refractivity contribution is 6.32. The van der Waals surface area contributed by atoms with Gasteiger partial charge in [0.1, 0.15) is 5.82 Å². The first-order chi connectivity index (χ1) is 7.30. The third kappa shape index (κ3) is 3.48. The van der Waals surface area contributed by atoms with E-state index in [0.29, 0.717) is 12.3 Å². The normalized spacial score (nSPS) is 11.9. The van der Waals surface area contributed by atoms with Crippen molar-refractivity contribution in [2.75, 3.05) is 11.9 Å². The minimum Gasteiger partial charge on any atom is -0.363 e. The fourth-order valence-electron chi connectivity index (χ4n) is 0.897. The number of hydrogen-bond acceptors (Lipinski definition) is 2. The molecule has 1 aromatic rings. The molecular weight excluding hydrogens is 255 g/mol. The lowest BCUT2D eigenvalue weighted by Crippen LogP contribution is -2.13. The Morgan fingerprint density at radius 3 is 2.44 bits per heavy atom. The fraction of sp³-hybridized carbons (Fsp3) is 0.375. The summed E-state index contributed by atoms with van der Waals surface area (Å²) in [6.07, 6.45) is -6.67. The van der Waals surface area contributed by atoms with Crippen LogP contribution in [-0.2, 0) is 6.18 Å². The summed E-state index contributed by atoms with van der Waals surface area (Å²) >= 11 is 5.45. The third-order valence-electron chi connectivity index (χ3n) is 1.59. The maximum absolute atomic E-state index is 12.2. The molecule has 1 N–H and O–H groups in total. The second-order valence-electron chi connectivity index (χ2n) is 2.82. The summed E-state index contributed by atoms with van der Waals surface area (Å²) in [7, 11) is 0. The molecule has 0 amide bonds. The smallest absolute Gasteiger partial charge is 0.363 e. The molecule has 2 nitrogen and oxygen atoms in total. The zero-order valence-electron chi connectivity index (χ0n) is 7.65. The maximum Gasteiger partial charge on any atom is 0.417 e. The van der Waals surface area contributed by atoms with E-state index in [9.17, 15) is 22.0 Å². The van der Waals surface area contributed by atoms with Crippen molar-refractivity contribution in [2.45, 2.75) is 12.6 Å². The molecule has 0 atom stereocenters. The molecule has 8 heteroatoms. The molecule has 1 heterocycles.